The van der Waals surface area contributed by atoms with Crippen molar-refractivity contribution in [3.8, 4) is 0 Å². The predicted molar refractivity (Wildman–Crippen MR) is 188 cm³/mol. The van der Waals surface area contributed by atoms with Crippen molar-refractivity contribution in [2.45, 2.75) is 57.3 Å². The number of piperidine rings is 1. The third-order valence-electron chi connectivity index (χ3n) is 9.33. The quantitative estimate of drug-likeness (QED) is 0.225. The highest BCUT2D eigenvalue weighted by atomic mass is 35.5. The lowest BCUT2D eigenvalue weighted by atomic mass is 9.78. The van der Waals surface area contributed by atoms with Gasteiger partial charge in [-0.25, -0.2) is 14.6 Å². The average molecular weight is 733 g/mol. The fourth-order valence-electron chi connectivity index (χ4n) is 6.75. The Bertz CT molecular complexity index is 1570. The summed E-state index contributed by atoms with van der Waals surface area (Å²) in [5.74, 6) is -2.31. The number of benzene rings is 1. The molecule has 4 heterocycles. The zero-order chi connectivity index (χ0) is 34.9. The van der Waals surface area contributed by atoms with Crippen LogP contribution in [0.3, 0.4) is 0 Å². The van der Waals surface area contributed by atoms with Crippen molar-refractivity contribution in [1.82, 2.24) is 25.0 Å². The van der Waals surface area contributed by atoms with Crippen LogP contribution in [0.15, 0.2) is 52.3 Å². The second-order valence-corrected chi connectivity index (χ2v) is 14.1. The normalized spacial score (nSPS) is 18.9. The number of piperazine rings is 1. The summed E-state index contributed by atoms with van der Waals surface area (Å²) in [6, 6.07) is 4.96. The van der Waals surface area contributed by atoms with Gasteiger partial charge in [-0.05, 0) is 50.8 Å². The first-order chi connectivity index (χ1) is 23.7. The molecule has 14 heteroatoms. The number of methoxy groups -OCH3 is 2. The maximum atomic E-state index is 13.9. The number of allylic oxidation sites excluding steroid dienone is 1. The monoisotopic (exact) mass is 731 g/mol. The Kier molecular flexibility index (Phi) is 13.1. The molecule has 0 radical (unpaired) electrons. The van der Waals surface area contributed by atoms with Gasteiger partial charge in [0.25, 0.3) is 0 Å². The lowest BCUT2D eigenvalue weighted by Crippen LogP contribution is -2.49. The van der Waals surface area contributed by atoms with Gasteiger partial charge in [0.15, 0.2) is 0 Å². The van der Waals surface area contributed by atoms with Crippen molar-refractivity contribution >= 4 is 58.3 Å². The molecule has 0 aliphatic carbocycles. The maximum absolute atomic E-state index is 13.9. The number of nitrogens with one attached hydrogen (secondary N) is 1. The fourth-order valence-corrected chi connectivity index (χ4v) is 7.99. The number of carbonyl (C=O) groups is 4. The molecule has 2 saturated heterocycles. The second-order valence-electron chi connectivity index (χ2n) is 12.3. The van der Waals surface area contributed by atoms with Crippen molar-refractivity contribution in [2.75, 3.05) is 60.0 Å². The Morgan fingerprint density at radius 1 is 0.918 bits per heavy atom. The van der Waals surface area contributed by atoms with Crippen molar-refractivity contribution in [3.05, 3.63) is 72.9 Å². The van der Waals surface area contributed by atoms with Gasteiger partial charge in [0, 0.05) is 90.7 Å². The first-order valence-corrected chi connectivity index (χ1v) is 18.3. The van der Waals surface area contributed by atoms with Crippen molar-refractivity contribution in [2.24, 2.45) is 0 Å². The first-order valence-electron chi connectivity index (χ1n) is 16.7. The van der Waals surface area contributed by atoms with E-state index in [0.717, 1.165) is 63.4 Å². The first kappa shape index (κ1) is 36.8. The summed E-state index contributed by atoms with van der Waals surface area (Å²) in [6.07, 6.45) is 7.14. The van der Waals surface area contributed by atoms with E-state index >= 15 is 0 Å². The third-order valence-corrected chi connectivity index (χ3v) is 10.8. The van der Waals surface area contributed by atoms with Gasteiger partial charge in [-0.3, -0.25) is 14.5 Å². The number of unbranched alkanes of at least 4 members (excludes halogenated alkanes) is 1. The van der Waals surface area contributed by atoms with Gasteiger partial charge in [-0.1, -0.05) is 29.3 Å². The number of ether oxygens (including phenoxy) is 2. The predicted octanol–water partition coefficient (Wildman–Crippen LogP) is 4.95. The van der Waals surface area contributed by atoms with E-state index in [-0.39, 0.29) is 39.4 Å². The number of nitrogens with zero attached hydrogens (tertiary/aromatic N) is 4. The molecule has 1 unspecified atom stereocenters. The van der Waals surface area contributed by atoms with E-state index in [4.69, 9.17) is 32.7 Å². The lowest BCUT2D eigenvalue weighted by molar-refractivity contribution is -0.137. The molecule has 264 valence electrons. The Labute approximate surface area is 301 Å². The smallest absolute Gasteiger partial charge is 0.336 e. The Balaban J connectivity index is 1.34. The minimum absolute atomic E-state index is 0.0788. The summed E-state index contributed by atoms with van der Waals surface area (Å²) in [4.78, 5) is 63.6. The van der Waals surface area contributed by atoms with E-state index in [1.165, 1.54) is 25.6 Å². The molecule has 3 aliphatic heterocycles. The van der Waals surface area contributed by atoms with Crippen molar-refractivity contribution in [3.63, 3.8) is 0 Å². The number of dihydropyridines is 1. The summed E-state index contributed by atoms with van der Waals surface area (Å²) in [6.45, 7) is 5.13. The van der Waals surface area contributed by atoms with Gasteiger partial charge in [0.2, 0.25) is 11.8 Å². The number of halogens is 2. The molecule has 49 heavy (non-hydrogen) atoms. The number of likely N-dealkylation sites (tertiary alicyclic amines) is 1. The standard InChI is InChI=1S/C35H43Cl2N5O6S/c1-47-34(45)31-25(11-12-27-38-13-21-49-27)39-26(32(35(46)48-2)33(31)30-23(36)8-7-9-24(30)37)22-29(44)42-19-17-40(18-20-42)14-5-6-16-41-15-4-3-10-28(41)43/h7-9,13,21,33,39H,3-6,10-12,14-20,22H2,1-2H3. The molecule has 0 bridgehead atoms. The number of rotatable bonds is 13. The largest absolute Gasteiger partial charge is 0.466 e. The summed E-state index contributed by atoms with van der Waals surface area (Å²) in [5.41, 5.74) is 1.42. The van der Waals surface area contributed by atoms with Gasteiger partial charge < -0.3 is 24.6 Å². The highest BCUT2D eigenvalue weighted by Crippen LogP contribution is 2.46. The summed E-state index contributed by atoms with van der Waals surface area (Å²) in [7, 11) is 2.53. The maximum Gasteiger partial charge on any atom is 0.336 e. The molecule has 2 fully saturated rings. The Morgan fingerprint density at radius 3 is 2.22 bits per heavy atom. The van der Waals surface area contributed by atoms with Crippen LogP contribution in [0.4, 0.5) is 0 Å². The van der Waals surface area contributed by atoms with Crippen LogP contribution in [0.1, 0.15) is 61.4 Å². The minimum Gasteiger partial charge on any atom is -0.466 e. The van der Waals surface area contributed by atoms with Crippen LogP contribution in [-0.2, 0) is 35.1 Å². The number of amides is 2. The van der Waals surface area contributed by atoms with Gasteiger partial charge >= 0.3 is 11.9 Å². The molecule has 0 saturated carbocycles. The summed E-state index contributed by atoms with van der Waals surface area (Å²) in [5, 5.41) is 6.54. The zero-order valence-corrected chi connectivity index (χ0v) is 30.3. The van der Waals surface area contributed by atoms with Crippen molar-refractivity contribution < 1.29 is 28.7 Å². The van der Waals surface area contributed by atoms with Gasteiger partial charge in [-0.15, -0.1) is 11.3 Å². The molecule has 1 aromatic heterocycles. The van der Waals surface area contributed by atoms with E-state index in [9.17, 15) is 19.2 Å². The number of hydrogen-bond acceptors (Lipinski definition) is 10. The van der Waals surface area contributed by atoms with Gasteiger partial charge in [-0.2, -0.15) is 0 Å². The summed E-state index contributed by atoms with van der Waals surface area (Å²) >= 11 is 14.9. The van der Waals surface area contributed by atoms with Crippen LogP contribution in [0.2, 0.25) is 10.0 Å². The van der Waals surface area contributed by atoms with Crippen LogP contribution in [0.25, 0.3) is 0 Å². The molecule has 1 aromatic carbocycles. The average Bonchev–Trinajstić information content (AvgIpc) is 3.63. The number of esters is 2. The van der Waals surface area contributed by atoms with Crippen LogP contribution < -0.4 is 5.32 Å². The number of aryl methyl sites for hydroxylation is 1. The molecule has 2 aromatic rings. The fraction of sp³-hybridized carbons (Fsp3) is 0.514. The number of carbonyl (C=O) groups excluding carboxylic acids is 4. The SMILES string of the molecule is COC(=O)C1=C(CCc2nccs2)NC(CC(=O)N2CCN(CCCCN3CCCCC3=O)CC2)=C(C(=O)OC)C1c1c(Cl)cccc1Cl. The van der Waals surface area contributed by atoms with Gasteiger partial charge in [0.05, 0.1) is 42.7 Å². The van der Waals surface area contributed by atoms with E-state index < -0.39 is 17.9 Å². The number of thiazole rings is 1. The van der Waals surface area contributed by atoms with E-state index in [1.807, 2.05) is 10.3 Å². The van der Waals surface area contributed by atoms with Gasteiger partial charge in [0.1, 0.15) is 0 Å². The molecular weight excluding hydrogens is 689 g/mol. The number of aromatic nitrogens is 1. The number of hydrogen-bond donors (Lipinski definition) is 1. The van der Waals surface area contributed by atoms with Crippen LogP contribution in [0.5, 0.6) is 0 Å². The highest BCUT2D eigenvalue weighted by molar-refractivity contribution is 7.09. The van der Waals surface area contributed by atoms with Crippen LogP contribution >= 0.6 is 34.5 Å². The van der Waals surface area contributed by atoms with Crippen LogP contribution in [0, 0.1) is 0 Å². The molecule has 2 amide bonds. The topological polar surface area (TPSA) is 121 Å². The molecule has 5 rings (SSSR count). The van der Waals surface area contributed by atoms with Crippen molar-refractivity contribution in [1.29, 1.82) is 0 Å². The van der Waals surface area contributed by atoms with E-state index in [0.29, 0.717) is 49.3 Å². The Morgan fingerprint density at radius 2 is 1.59 bits per heavy atom. The minimum atomic E-state index is -1.05. The second kappa shape index (κ2) is 17.5. The zero-order valence-electron chi connectivity index (χ0n) is 28.0. The highest BCUT2D eigenvalue weighted by Gasteiger charge is 2.42. The molecule has 11 nitrogen and oxygen atoms in total. The molecule has 1 N–H and O–H groups in total. The molecular formula is C35H43Cl2N5O6S. The molecule has 3 aliphatic rings. The molecule has 0 spiro atoms. The van der Waals surface area contributed by atoms with Crippen LogP contribution in [-0.4, -0.2) is 103 Å². The van der Waals surface area contributed by atoms with E-state index in [1.54, 1.807) is 29.3 Å². The molecule has 1 atom stereocenters. The summed E-state index contributed by atoms with van der Waals surface area (Å²) < 4.78 is 10.5. The third kappa shape index (κ3) is 9.02. The Hall–Kier alpha value is -3.45. The van der Waals surface area contributed by atoms with E-state index in [2.05, 4.69) is 15.2 Å². The lowest BCUT2D eigenvalue weighted by Gasteiger charge is -2.36.